The summed E-state index contributed by atoms with van der Waals surface area (Å²) in [5.41, 5.74) is 0. The monoisotopic (exact) mass is 225 g/mol. The lowest BCUT2D eigenvalue weighted by Gasteiger charge is -2.14. The van der Waals surface area contributed by atoms with Crippen molar-refractivity contribution in [1.29, 1.82) is 0 Å². The predicted molar refractivity (Wildman–Crippen MR) is 51.1 cm³/mol. The first-order chi connectivity index (χ1) is 5.35. The molecule has 68 valence electrons. The summed E-state index contributed by atoms with van der Waals surface area (Å²) >= 11 is 3.39. The molecule has 0 bridgehead atoms. The molecule has 0 aliphatic heterocycles. The molecular formula is C8H17BrFN. The molecule has 0 rings (SSSR count). The quantitative estimate of drug-likeness (QED) is 0.519. The molecule has 1 atom stereocenters. The Hall–Kier alpha value is 0.370. The van der Waals surface area contributed by atoms with Gasteiger partial charge in [-0.15, -0.1) is 0 Å². The summed E-state index contributed by atoms with van der Waals surface area (Å²) in [5, 5.41) is 4.32. The van der Waals surface area contributed by atoms with Gasteiger partial charge in [-0.2, -0.15) is 0 Å². The van der Waals surface area contributed by atoms with Crippen LogP contribution in [0.1, 0.15) is 26.2 Å². The maximum Gasteiger partial charge on any atom is 0.0906 e. The Morgan fingerprint density at radius 1 is 1.55 bits per heavy atom. The summed E-state index contributed by atoms with van der Waals surface area (Å²) in [6.07, 6.45) is 2.89. The lowest BCUT2D eigenvalue weighted by atomic mass is 10.2. The van der Waals surface area contributed by atoms with Gasteiger partial charge in [-0.25, -0.2) is 0 Å². The van der Waals surface area contributed by atoms with Gasteiger partial charge in [0.25, 0.3) is 0 Å². The summed E-state index contributed by atoms with van der Waals surface area (Å²) in [6, 6.07) is 0.556. The number of hydrogen-bond donors (Lipinski definition) is 1. The highest BCUT2D eigenvalue weighted by molar-refractivity contribution is 9.09. The highest BCUT2D eigenvalue weighted by Gasteiger charge is 2.02. The van der Waals surface area contributed by atoms with Gasteiger partial charge >= 0.3 is 0 Å². The van der Waals surface area contributed by atoms with Crippen molar-refractivity contribution in [3.63, 3.8) is 0 Å². The van der Waals surface area contributed by atoms with Gasteiger partial charge in [0.15, 0.2) is 0 Å². The molecular weight excluding hydrogens is 209 g/mol. The number of nitrogens with one attached hydrogen (secondary N) is 1. The lowest BCUT2D eigenvalue weighted by Crippen LogP contribution is -2.29. The van der Waals surface area contributed by atoms with Crippen molar-refractivity contribution >= 4 is 15.9 Å². The van der Waals surface area contributed by atoms with E-state index in [0.717, 1.165) is 24.7 Å². The zero-order valence-electron chi connectivity index (χ0n) is 7.08. The number of halogens is 2. The molecule has 0 heterocycles. The fourth-order valence-electron chi connectivity index (χ4n) is 0.955. The van der Waals surface area contributed by atoms with Crippen molar-refractivity contribution < 1.29 is 4.39 Å². The van der Waals surface area contributed by atoms with Gasteiger partial charge in [-0.05, 0) is 25.8 Å². The Kier molecular flexibility index (Phi) is 8.75. The first-order valence-corrected chi connectivity index (χ1v) is 5.32. The van der Waals surface area contributed by atoms with Gasteiger partial charge in [-0.1, -0.05) is 22.9 Å². The Morgan fingerprint density at radius 2 is 2.27 bits per heavy atom. The largest absolute Gasteiger partial charge is 0.314 e. The van der Waals surface area contributed by atoms with Crippen molar-refractivity contribution in [2.75, 3.05) is 18.5 Å². The van der Waals surface area contributed by atoms with Crippen LogP contribution in [0.5, 0.6) is 0 Å². The van der Waals surface area contributed by atoms with Crippen molar-refractivity contribution in [2.24, 2.45) is 0 Å². The normalized spacial score (nSPS) is 13.4. The third-order valence-electron chi connectivity index (χ3n) is 1.69. The van der Waals surface area contributed by atoms with Crippen LogP contribution >= 0.6 is 15.9 Å². The minimum atomic E-state index is -0.211. The maximum absolute atomic E-state index is 11.7. The van der Waals surface area contributed by atoms with E-state index in [1.807, 2.05) is 0 Å². The summed E-state index contributed by atoms with van der Waals surface area (Å²) in [4.78, 5) is 0. The summed E-state index contributed by atoms with van der Waals surface area (Å²) < 4.78 is 11.7. The SMILES string of the molecule is CCC(CCBr)NCCCF. The summed E-state index contributed by atoms with van der Waals surface area (Å²) in [6.45, 7) is 2.75. The van der Waals surface area contributed by atoms with Crippen LogP contribution in [0.4, 0.5) is 4.39 Å². The van der Waals surface area contributed by atoms with Gasteiger partial charge in [0.05, 0.1) is 6.67 Å². The van der Waals surface area contributed by atoms with E-state index in [-0.39, 0.29) is 6.67 Å². The molecule has 0 aliphatic carbocycles. The van der Waals surface area contributed by atoms with Gasteiger partial charge < -0.3 is 5.32 Å². The Bertz CT molecular complexity index is 80.5. The minimum Gasteiger partial charge on any atom is -0.314 e. The number of hydrogen-bond acceptors (Lipinski definition) is 1. The molecule has 0 aromatic heterocycles. The van der Waals surface area contributed by atoms with Crippen molar-refractivity contribution in [3.05, 3.63) is 0 Å². The molecule has 1 nitrogen and oxygen atoms in total. The molecule has 3 heteroatoms. The first kappa shape index (κ1) is 11.4. The fraction of sp³-hybridized carbons (Fsp3) is 1.00. The second-order valence-corrected chi connectivity index (χ2v) is 3.37. The zero-order chi connectivity index (χ0) is 8.53. The molecule has 1 unspecified atom stereocenters. The smallest absolute Gasteiger partial charge is 0.0906 e. The second-order valence-electron chi connectivity index (χ2n) is 2.58. The Morgan fingerprint density at radius 3 is 2.73 bits per heavy atom. The van der Waals surface area contributed by atoms with E-state index in [2.05, 4.69) is 28.2 Å². The van der Waals surface area contributed by atoms with Crippen LogP contribution in [0, 0.1) is 0 Å². The Labute approximate surface area is 76.9 Å². The number of rotatable bonds is 7. The van der Waals surface area contributed by atoms with Crippen molar-refractivity contribution in [1.82, 2.24) is 5.32 Å². The molecule has 0 amide bonds. The van der Waals surface area contributed by atoms with E-state index in [1.165, 1.54) is 0 Å². The van der Waals surface area contributed by atoms with Gasteiger partial charge in [0.2, 0.25) is 0 Å². The maximum atomic E-state index is 11.7. The molecule has 0 saturated heterocycles. The van der Waals surface area contributed by atoms with E-state index in [1.54, 1.807) is 0 Å². The lowest BCUT2D eigenvalue weighted by molar-refractivity contribution is 0.426. The number of alkyl halides is 2. The highest BCUT2D eigenvalue weighted by Crippen LogP contribution is 2.00. The van der Waals surface area contributed by atoms with Crippen LogP contribution < -0.4 is 5.32 Å². The Balaban J connectivity index is 3.20. The summed E-state index contributed by atoms with van der Waals surface area (Å²) in [7, 11) is 0. The van der Waals surface area contributed by atoms with Crippen molar-refractivity contribution in [3.8, 4) is 0 Å². The highest BCUT2D eigenvalue weighted by atomic mass is 79.9. The van der Waals surface area contributed by atoms with Crippen LogP contribution in [-0.2, 0) is 0 Å². The minimum absolute atomic E-state index is 0.211. The first-order valence-electron chi connectivity index (χ1n) is 4.20. The summed E-state index contributed by atoms with van der Waals surface area (Å²) in [5.74, 6) is 0. The van der Waals surface area contributed by atoms with Crippen LogP contribution in [0.25, 0.3) is 0 Å². The van der Waals surface area contributed by atoms with Crippen LogP contribution in [-0.4, -0.2) is 24.6 Å². The average molecular weight is 226 g/mol. The van der Waals surface area contributed by atoms with Gasteiger partial charge in [0.1, 0.15) is 0 Å². The van der Waals surface area contributed by atoms with Crippen molar-refractivity contribution in [2.45, 2.75) is 32.2 Å². The molecule has 0 radical (unpaired) electrons. The fourth-order valence-corrected chi connectivity index (χ4v) is 1.51. The van der Waals surface area contributed by atoms with E-state index >= 15 is 0 Å². The molecule has 0 fully saturated rings. The van der Waals surface area contributed by atoms with E-state index in [9.17, 15) is 4.39 Å². The third kappa shape index (κ3) is 6.76. The molecule has 0 aromatic carbocycles. The molecule has 11 heavy (non-hydrogen) atoms. The molecule has 0 aliphatic rings. The third-order valence-corrected chi connectivity index (χ3v) is 2.15. The zero-order valence-corrected chi connectivity index (χ0v) is 8.66. The average Bonchev–Trinajstić information content (AvgIpc) is 2.03. The molecule has 1 N–H and O–H groups in total. The van der Waals surface area contributed by atoms with Crippen LogP contribution in [0.2, 0.25) is 0 Å². The van der Waals surface area contributed by atoms with E-state index in [0.29, 0.717) is 12.5 Å². The van der Waals surface area contributed by atoms with Gasteiger partial charge in [-0.3, -0.25) is 4.39 Å². The molecule has 0 saturated carbocycles. The van der Waals surface area contributed by atoms with E-state index in [4.69, 9.17) is 0 Å². The predicted octanol–water partition coefficient (Wildman–Crippen LogP) is 2.50. The van der Waals surface area contributed by atoms with Crippen LogP contribution in [0.3, 0.4) is 0 Å². The molecule has 0 aromatic rings. The van der Waals surface area contributed by atoms with Gasteiger partial charge in [0, 0.05) is 11.4 Å². The topological polar surface area (TPSA) is 12.0 Å². The standard InChI is InChI=1S/C8H17BrFN/c1-2-8(4-5-9)11-7-3-6-10/h8,11H,2-7H2,1H3. The van der Waals surface area contributed by atoms with Crippen LogP contribution in [0.15, 0.2) is 0 Å². The second kappa shape index (κ2) is 8.47. The molecule has 0 spiro atoms. The van der Waals surface area contributed by atoms with E-state index < -0.39 is 0 Å².